The average Bonchev–Trinajstić information content (AvgIpc) is 2.49. The van der Waals surface area contributed by atoms with Crippen LogP contribution in [0.3, 0.4) is 0 Å². The zero-order valence-corrected chi connectivity index (χ0v) is 17.3. The lowest BCUT2D eigenvalue weighted by Gasteiger charge is -2.23. The summed E-state index contributed by atoms with van der Waals surface area (Å²) in [4.78, 5) is 38.0. The maximum Gasteiger partial charge on any atom is 0.341 e. The molecule has 0 saturated heterocycles. The molecule has 0 unspecified atom stereocenters. The van der Waals surface area contributed by atoms with E-state index in [9.17, 15) is 28.7 Å². The van der Waals surface area contributed by atoms with Gasteiger partial charge in [-0.05, 0) is 18.4 Å². The topological polar surface area (TPSA) is 119 Å². The van der Waals surface area contributed by atoms with Crippen molar-refractivity contribution < 1.29 is 33.3 Å². The lowest BCUT2D eigenvalue weighted by molar-refractivity contribution is -0.687. The van der Waals surface area contributed by atoms with Gasteiger partial charge in [-0.25, -0.2) is 4.57 Å². The zero-order chi connectivity index (χ0) is 19.6. The van der Waals surface area contributed by atoms with Gasteiger partial charge in [0.05, 0.1) is 0 Å². The summed E-state index contributed by atoms with van der Waals surface area (Å²) in [6.07, 6.45) is 2.51. The van der Waals surface area contributed by atoms with Gasteiger partial charge in [-0.2, -0.15) is 0 Å². The predicted octanol–water partition coefficient (Wildman–Crippen LogP) is 1.98. The summed E-state index contributed by atoms with van der Waals surface area (Å²) >= 11 is 0. The van der Waals surface area contributed by atoms with Crippen molar-refractivity contribution in [1.29, 1.82) is 0 Å². The van der Waals surface area contributed by atoms with Crippen molar-refractivity contribution in [2.75, 3.05) is 0 Å². The van der Waals surface area contributed by atoms with Crippen molar-refractivity contribution in [1.82, 2.24) is 0 Å². The van der Waals surface area contributed by atoms with E-state index >= 15 is 0 Å². The SMILES string of the molecule is CCc1c(CC)c(CC)[n+](C)c(CC)c1CC(P(=O)(O)O)P(=O)(O)O. The van der Waals surface area contributed by atoms with Crippen LogP contribution in [0.25, 0.3) is 0 Å². The van der Waals surface area contributed by atoms with E-state index in [4.69, 9.17) is 0 Å². The van der Waals surface area contributed by atoms with Gasteiger partial charge in [0, 0.05) is 30.4 Å². The Bertz CT molecular complexity index is 700. The quantitative estimate of drug-likeness (QED) is 0.396. The zero-order valence-electron chi connectivity index (χ0n) is 15.6. The molecule has 9 heteroatoms. The molecule has 4 N–H and O–H groups in total. The largest absolute Gasteiger partial charge is 0.341 e. The molecule has 144 valence electrons. The van der Waals surface area contributed by atoms with Gasteiger partial charge in [0.25, 0.3) is 0 Å². The molecule has 0 fully saturated rings. The molecule has 0 bridgehead atoms. The Morgan fingerprint density at radius 3 is 1.48 bits per heavy atom. The molecule has 0 amide bonds. The van der Waals surface area contributed by atoms with Crippen molar-refractivity contribution in [2.45, 2.75) is 65.2 Å². The highest BCUT2D eigenvalue weighted by atomic mass is 31.2. The Balaban J connectivity index is 3.76. The number of hydrogen-bond acceptors (Lipinski definition) is 2. The van der Waals surface area contributed by atoms with Gasteiger partial charge in [-0.3, -0.25) is 9.13 Å². The van der Waals surface area contributed by atoms with Crippen LogP contribution >= 0.6 is 15.2 Å². The monoisotopic (exact) mass is 394 g/mol. The van der Waals surface area contributed by atoms with Crippen molar-refractivity contribution in [2.24, 2.45) is 7.05 Å². The highest BCUT2D eigenvalue weighted by Crippen LogP contribution is 2.61. The molecule has 1 rings (SSSR count). The van der Waals surface area contributed by atoms with Crippen molar-refractivity contribution >= 4 is 15.2 Å². The maximum atomic E-state index is 11.7. The Labute approximate surface area is 149 Å². The summed E-state index contributed by atoms with van der Waals surface area (Å²) in [5.41, 5.74) is 4.76. The van der Waals surface area contributed by atoms with Crippen LogP contribution in [0, 0.1) is 0 Å². The second-order valence-corrected chi connectivity index (χ2v) is 10.2. The van der Waals surface area contributed by atoms with Gasteiger partial charge in [0.2, 0.25) is 0 Å². The van der Waals surface area contributed by atoms with E-state index in [0.717, 1.165) is 35.4 Å². The summed E-state index contributed by atoms with van der Waals surface area (Å²) in [7, 11) is -8.00. The second-order valence-electron chi connectivity index (χ2n) is 6.17. The third-order valence-electron chi connectivity index (χ3n) is 4.78. The van der Waals surface area contributed by atoms with Gasteiger partial charge in [-0.15, -0.1) is 0 Å². The minimum Gasteiger partial charge on any atom is -0.324 e. The van der Waals surface area contributed by atoms with E-state index in [2.05, 4.69) is 6.92 Å². The Kier molecular flexibility index (Phi) is 7.58. The summed E-state index contributed by atoms with van der Waals surface area (Å²) in [5.74, 6) is 0. The first-order chi connectivity index (χ1) is 11.4. The van der Waals surface area contributed by atoms with Gasteiger partial charge in [0.15, 0.2) is 16.8 Å². The third-order valence-corrected chi connectivity index (χ3v) is 8.50. The van der Waals surface area contributed by atoms with Gasteiger partial charge in [0.1, 0.15) is 7.05 Å². The predicted molar refractivity (Wildman–Crippen MR) is 96.7 cm³/mol. The molecule has 0 radical (unpaired) electrons. The van der Waals surface area contributed by atoms with Gasteiger partial charge < -0.3 is 19.6 Å². The van der Waals surface area contributed by atoms with E-state index in [1.165, 1.54) is 0 Å². The van der Waals surface area contributed by atoms with Crippen molar-refractivity contribution in [3.63, 3.8) is 0 Å². The summed E-state index contributed by atoms with van der Waals surface area (Å²) in [6.45, 7) is 7.97. The molecule has 0 saturated carbocycles. The fourth-order valence-corrected chi connectivity index (χ4v) is 6.11. The van der Waals surface area contributed by atoms with E-state index < -0.39 is 20.6 Å². The highest BCUT2D eigenvalue weighted by Gasteiger charge is 2.45. The molecular weight excluding hydrogens is 364 g/mol. The summed E-state index contributed by atoms with van der Waals surface area (Å²) in [5, 5.41) is -2.01. The molecule has 1 aromatic rings. The van der Waals surface area contributed by atoms with Crippen LogP contribution in [0.2, 0.25) is 0 Å². The number of rotatable bonds is 8. The minimum atomic E-state index is -4.95. The molecule has 0 aliphatic heterocycles. The van der Waals surface area contributed by atoms with Crippen LogP contribution in [-0.2, 0) is 48.3 Å². The Morgan fingerprint density at radius 2 is 1.16 bits per heavy atom. The Morgan fingerprint density at radius 1 is 0.760 bits per heavy atom. The first-order valence-corrected chi connectivity index (χ1v) is 11.9. The molecule has 25 heavy (non-hydrogen) atoms. The van der Waals surface area contributed by atoms with E-state index in [1.807, 2.05) is 32.4 Å². The van der Waals surface area contributed by atoms with Crippen LogP contribution in [0.15, 0.2) is 0 Å². The molecule has 7 nitrogen and oxygen atoms in total. The number of nitrogens with zero attached hydrogens (tertiary/aromatic N) is 1. The molecule has 0 atom stereocenters. The maximum absolute atomic E-state index is 11.7. The second kappa shape index (κ2) is 8.43. The van der Waals surface area contributed by atoms with Gasteiger partial charge >= 0.3 is 15.2 Å². The first kappa shape index (κ1) is 22.5. The van der Waals surface area contributed by atoms with Crippen molar-refractivity contribution in [3.05, 3.63) is 28.1 Å². The molecule has 1 heterocycles. The summed E-state index contributed by atoms with van der Waals surface area (Å²) < 4.78 is 25.5. The first-order valence-electron chi connectivity index (χ1n) is 8.58. The normalized spacial score (nSPS) is 12.9. The van der Waals surface area contributed by atoms with Crippen molar-refractivity contribution in [3.8, 4) is 0 Å². The van der Waals surface area contributed by atoms with E-state index in [0.29, 0.717) is 18.4 Å². The summed E-state index contributed by atoms with van der Waals surface area (Å²) in [6, 6.07) is 0. The average molecular weight is 394 g/mol. The Hall–Kier alpha value is -0.550. The number of hydrogen-bond donors (Lipinski definition) is 4. The fourth-order valence-electron chi connectivity index (χ4n) is 3.70. The lowest BCUT2D eigenvalue weighted by atomic mass is 9.91. The van der Waals surface area contributed by atoms with Crippen LogP contribution in [-0.4, -0.2) is 25.0 Å². The van der Waals surface area contributed by atoms with Crippen LogP contribution in [0.4, 0.5) is 0 Å². The van der Waals surface area contributed by atoms with E-state index in [-0.39, 0.29) is 6.42 Å². The molecule has 1 aromatic heterocycles. The molecule has 0 spiro atoms. The molecule has 0 aromatic carbocycles. The lowest BCUT2D eigenvalue weighted by Crippen LogP contribution is -2.42. The van der Waals surface area contributed by atoms with Gasteiger partial charge in [-0.1, -0.05) is 27.7 Å². The smallest absolute Gasteiger partial charge is 0.324 e. The highest BCUT2D eigenvalue weighted by molar-refractivity contribution is 7.70. The molecule has 0 aliphatic rings. The number of pyridine rings is 1. The van der Waals surface area contributed by atoms with E-state index in [1.54, 1.807) is 0 Å². The van der Waals surface area contributed by atoms with Crippen LogP contribution < -0.4 is 4.57 Å². The third kappa shape index (κ3) is 4.79. The molecule has 0 aliphatic carbocycles. The standard InChI is InChI=1S/C16H29NO6P2/c1-6-11-12(7-2)14(8-3)17(5)15(9-4)13(11)10-16(24(18,19)20)25(21,22)23/h16H,6-10H2,1-5H3,(H3-,18,19,20,21,22,23)/p+1. The number of aromatic nitrogens is 1. The van der Waals surface area contributed by atoms with Crippen LogP contribution in [0.1, 0.15) is 55.8 Å². The van der Waals surface area contributed by atoms with Crippen LogP contribution in [0.5, 0.6) is 0 Å². The molecular formula is C16H30NO6P2+. The minimum absolute atomic E-state index is 0.328. The fraction of sp³-hybridized carbons (Fsp3) is 0.688.